The predicted molar refractivity (Wildman–Crippen MR) is 133 cm³/mol. The highest BCUT2D eigenvalue weighted by molar-refractivity contribution is 5.93. The molecule has 0 atom stereocenters. The number of hydrogen-bond donors (Lipinski definition) is 3. The number of ether oxygens (including phenoxy) is 1. The third kappa shape index (κ3) is 5.56. The Hall–Kier alpha value is -4.02. The Labute approximate surface area is 201 Å². The lowest BCUT2D eigenvalue weighted by molar-refractivity contribution is 0.0387. The molecule has 0 saturated carbocycles. The number of nitrogens with zero attached hydrogens (tertiary/aromatic N) is 4. The number of halogens is 1. The Morgan fingerprint density at radius 3 is 2.69 bits per heavy atom. The van der Waals surface area contributed by atoms with Crippen molar-refractivity contribution in [3.8, 4) is 0 Å². The highest BCUT2D eigenvalue weighted by Crippen LogP contribution is 2.24. The summed E-state index contributed by atoms with van der Waals surface area (Å²) in [7, 11) is 0. The van der Waals surface area contributed by atoms with E-state index in [0.717, 1.165) is 55.6 Å². The van der Waals surface area contributed by atoms with Crippen LogP contribution in [0.5, 0.6) is 0 Å². The average molecular weight is 476 g/mol. The van der Waals surface area contributed by atoms with Crippen LogP contribution in [0.15, 0.2) is 67.0 Å². The van der Waals surface area contributed by atoms with Gasteiger partial charge >= 0.3 is 6.03 Å². The van der Waals surface area contributed by atoms with E-state index in [-0.39, 0.29) is 17.8 Å². The minimum atomic E-state index is -0.558. The van der Waals surface area contributed by atoms with Gasteiger partial charge in [-0.2, -0.15) is 4.98 Å². The Balaban J connectivity index is 1.28. The van der Waals surface area contributed by atoms with Gasteiger partial charge in [0.1, 0.15) is 0 Å². The van der Waals surface area contributed by atoms with Gasteiger partial charge in [-0.1, -0.05) is 24.3 Å². The topological polar surface area (TPSA) is 96.3 Å². The highest BCUT2D eigenvalue weighted by atomic mass is 19.1. The molecule has 1 saturated heterocycles. The number of fused-ring (bicyclic) bond motifs is 1. The van der Waals surface area contributed by atoms with E-state index < -0.39 is 5.82 Å². The van der Waals surface area contributed by atoms with E-state index in [2.05, 4.69) is 30.8 Å². The second kappa shape index (κ2) is 10.5. The SMILES string of the molecule is O=C(NCCN1CCOCC1)n1ccc2ccc(Nc3ncc(F)c(Nc4ccccc4)n3)cc21. The van der Waals surface area contributed by atoms with E-state index in [9.17, 15) is 9.18 Å². The first-order valence-electron chi connectivity index (χ1n) is 11.5. The average Bonchev–Trinajstić information content (AvgIpc) is 3.31. The number of aromatic nitrogens is 3. The molecule has 3 N–H and O–H groups in total. The number of amides is 1. The van der Waals surface area contributed by atoms with E-state index in [1.165, 1.54) is 0 Å². The molecule has 1 fully saturated rings. The molecular formula is C25H26FN7O2. The summed E-state index contributed by atoms with van der Waals surface area (Å²) in [5.41, 5.74) is 2.13. The summed E-state index contributed by atoms with van der Waals surface area (Å²) in [6.07, 6.45) is 2.86. The molecule has 35 heavy (non-hydrogen) atoms. The van der Waals surface area contributed by atoms with Gasteiger partial charge in [-0.25, -0.2) is 14.2 Å². The third-order valence-electron chi connectivity index (χ3n) is 5.76. The summed E-state index contributed by atoms with van der Waals surface area (Å²) in [5.74, 6) is -0.257. The standard InChI is InChI=1S/C25H26FN7O2/c26-21-17-28-24(31-23(21)29-19-4-2-1-3-5-19)30-20-7-6-18-8-10-33(22(18)16-20)25(34)27-9-11-32-12-14-35-15-13-32/h1-8,10,16-17H,9,11-15H2,(H,27,34)(H2,28,29,30,31). The molecule has 5 rings (SSSR count). The molecule has 2 aromatic heterocycles. The maximum atomic E-state index is 14.3. The molecule has 4 aromatic rings. The molecule has 0 spiro atoms. The third-order valence-corrected chi connectivity index (χ3v) is 5.76. The molecule has 1 aliphatic rings. The number of hydrogen-bond acceptors (Lipinski definition) is 7. The molecule has 10 heteroatoms. The Morgan fingerprint density at radius 2 is 1.86 bits per heavy atom. The van der Waals surface area contributed by atoms with Gasteiger partial charge in [-0.05, 0) is 30.3 Å². The van der Waals surface area contributed by atoms with Crippen molar-refractivity contribution in [1.82, 2.24) is 24.8 Å². The quantitative estimate of drug-likeness (QED) is 0.373. The monoisotopic (exact) mass is 475 g/mol. The summed E-state index contributed by atoms with van der Waals surface area (Å²) in [5, 5.41) is 9.96. The summed E-state index contributed by atoms with van der Waals surface area (Å²) < 4.78 is 21.2. The molecule has 0 unspecified atom stereocenters. The van der Waals surface area contributed by atoms with Crippen molar-refractivity contribution in [1.29, 1.82) is 0 Å². The zero-order valence-electron chi connectivity index (χ0n) is 19.1. The van der Waals surface area contributed by atoms with Crippen LogP contribution in [0.3, 0.4) is 0 Å². The lowest BCUT2D eigenvalue weighted by Crippen LogP contribution is -2.42. The molecular weight excluding hydrogens is 449 g/mol. The van der Waals surface area contributed by atoms with Crippen molar-refractivity contribution in [2.45, 2.75) is 0 Å². The summed E-state index contributed by atoms with van der Waals surface area (Å²) >= 11 is 0. The normalized spacial score (nSPS) is 14.1. The number of morpholine rings is 1. The molecule has 3 heterocycles. The van der Waals surface area contributed by atoms with Crippen LogP contribution in [0, 0.1) is 5.82 Å². The number of rotatable bonds is 7. The molecule has 2 aromatic carbocycles. The summed E-state index contributed by atoms with van der Waals surface area (Å²) in [4.78, 5) is 23.4. The van der Waals surface area contributed by atoms with Gasteiger partial charge in [0.2, 0.25) is 5.95 Å². The fraction of sp³-hybridized carbons (Fsp3) is 0.240. The number of para-hydroxylation sites is 1. The zero-order valence-corrected chi connectivity index (χ0v) is 19.1. The van der Waals surface area contributed by atoms with E-state index in [0.29, 0.717) is 12.2 Å². The predicted octanol–water partition coefficient (Wildman–Crippen LogP) is 3.95. The van der Waals surface area contributed by atoms with E-state index in [1.807, 2.05) is 54.6 Å². The first kappa shape index (κ1) is 22.8. The lowest BCUT2D eigenvalue weighted by atomic mass is 10.2. The van der Waals surface area contributed by atoms with Crippen molar-refractivity contribution in [3.05, 3.63) is 72.8 Å². The molecule has 0 radical (unpaired) electrons. The molecule has 0 aliphatic carbocycles. The fourth-order valence-corrected chi connectivity index (χ4v) is 3.92. The summed E-state index contributed by atoms with van der Waals surface area (Å²) in [6.45, 7) is 4.55. The Morgan fingerprint density at radius 1 is 1.03 bits per heavy atom. The van der Waals surface area contributed by atoms with E-state index in [4.69, 9.17) is 4.74 Å². The first-order chi connectivity index (χ1) is 17.2. The largest absolute Gasteiger partial charge is 0.379 e. The highest BCUT2D eigenvalue weighted by Gasteiger charge is 2.13. The lowest BCUT2D eigenvalue weighted by Gasteiger charge is -2.26. The van der Waals surface area contributed by atoms with Crippen molar-refractivity contribution in [2.75, 3.05) is 50.0 Å². The van der Waals surface area contributed by atoms with Gasteiger partial charge in [-0.3, -0.25) is 9.47 Å². The summed E-state index contributed by atoms with van der Waals surface area (Å²) in [6, 6.07) is 16.5. The second-order valence-corrected chi connectivity index (χ2v) is 8.15. The van der Waals surface area contributed by atoms with E-state index in [1.54, 1.807) is 10.8 Å². The van der Waals surface area contributed by atoms with Crippen LogP contribution in [0.4, 0.5) is 32.3 Å². The number of benzene rings is 2. The number of carbonyl (C=O) groups excluding carboxylic acids is 1. The van der Waals surface area contributed by atoms with Gasteiger partial charge in [0.15, 0.2) is 11.6 Å². The number of carbonyl (C=O) groups is 1. The molecule has 0 bridgehead atoms. The maximum absolute atomic E-state index is 14.3. The molecule has 1 amide bonds. The van der Waals surface area contributed by atoms with Crippen molar-refractivity contribution in [2.24, 2.45) is 0 Å². The minimum Gasteiger partial charge on any atom is -0.379 e. The number of anilines is 4. The van der Waals surface area contributed by atoms with Crippen molar-refractivity contribution >= 4 is 40.1 Å². The van der Waals surface area contributed by atoms with Gasteiger partial charge in [0.05, 0.1) is 24.9 Å². The van der Waals surface area contributed by atoms with Crippen molar-refractivity contribution in [3.63, 3.8) is 0 Å². The smallest absolute Gasteiger partial charge is 0.326 e. The molecule has 9 nitrogen and oxygen atoms in total. The zero-order chi connectivity index (χ0) is 24.0. The van der Waals surface area contributed by atoms with Crippen LogP contribution in [-0.2, 0) is 4.74 Å². The van der Waals surface area contributed by atoms with Crippen LogP contribution in [0.1, 0.15) is 0 Å². The van der Waals surface area contributed by atoms with Crippen molar-refractivity contribution < 1.29 is 13.9 Å². The van der Waals surface area contributed by atoms with Crippen LogP contribution >= 0.6 is 0 Å². The first-order valence-corrected chi connectivity index (χ1v) is 11.5. The maximum Gasteiger partial charge on any atom is 0.326 e. The van der Waals surface area contributed by atoms with Crippen LogP contribution in [-0.4, -0.2) is 64.9 Å². The van der Waals surface area contributed by atoms with Crippen LogP contribution in [0.25, 0.3) is 10.9 Å². The Bertz CT molecular complexity index is 1310. The van der Waals surface area contributed by atoms with E-state index >= 15 is 0 Å². The van der Waals surface area contributed by atoms with Crippen LogP contribution < -0.4 is 16.0 Å². The van der Waals surface area contributed by atoms with Gasteiger partial charge in [0.25, 0.3) is 0 Å². The molecule has 180 valence electrons. The van der Waals surface area contributed by atoms with Crippen LogP contribution in [0.2, 0.25) is 0 Å². The number of nitrogens with one attached hydrogen (secondary N) is 3. The van der Waals surface area contributed by atoms with Gasteiger partial charge in [-0.15, -0.1) is 0 Å². The second-order valence-electron chi connectivity index (χ2n) is 8.15. The minimum absolute atomic E-state index is 0.0674. The molecule has 1 aliphatic heterocycles. The van der Waals surface area contributed by atoms with Gasteiger partial charge in [0, 0.05) is 49.1 Å². The Kier molecular flexibility index (Phi) is 6.82. The fourth-order valence-electron chi connectivity index (χ4n) is 3.92. The van der Waals surface area contributed by atoms with Gasteiger partial charge < -0.3 is 20.7 Å².